The monoisotopic (exact) mass is 277 g/mol. The summed E-state index contributed by atoms with van der Waals surface area (Å²) in [6.45, 7) is 0. The van der Waals surface area contributed by atoms with Crippen LogP contribution in [0.4, 0.5) is 5.69 Å². The molecule has 0 unspecified atom stereocenters. The van der Waals surface area contributed by atoms with Gasteiger partial charge in [0.15, 0.2) is 11.4 Å². The molecule has 0 radical (unpaired) electrons. The standard InChI is InChI=1S/C15H11N5O/c16-11-3-4-12(15-10(11)2-1-7-17-15)21-14-6-9-20-13(19-14)5-8-18-20/h1-9H,16H2. The molecular formula is C15H11N5O. The van der Waals surface area contributed by atoms with E-state index in [0.29, 0.717) is 22.8 Å². The van der Waals surface area contributed by atoms with Gasteiger partial charge in [-0.2, -0.15) is 10.1 Å². The van der Waals surface area contributed by atoms with Crippen LogP contribution < -0.4 is 10.5 Å². The maximum Gasteiger partial charge on any atom is 0.222 e. The minimum Gasteiger partial charge on any atom is -0.437 e. The molecule has 0 amide bonds. The van der Waals surface area contributed by atoms with E-state index in [2.05, 4.69) is 15.1 Å². The highest BCUT2D eigenvalue weighted by Gasteiger charge is 2.08. The average molecular weight is 277 g/mol. The third-order valence-electron chi connectivity index (χ3n) is 3.21. The predicted molar refractivity (Wildman–Crippen MR) is 79.2 cm³/mol. The van der Waals surface area contributed by atoms with Crippen molar-refractivity contribution < 1.29 is 4.74 Å². The molecule has 21 heavy (non-hydrogen) atoms. The molecule has 0 spiro atoms. The Morgan fingerprint density at radius 2 is 2.00 bits per heavy atom. The van der Waals surface area contributed by atoms with Crippen molar-refractivity contribution in [3.05, 3.63) is 55.0 Å². The summed E-state index contributed by atoms with van der Waals surface area (Å²) in [6.07, 6.45) is 5.19. The molecule has 0 saturated heterocycles. The van der Waals surface area contributed by atoms with Crippen LogP contribution in [0.3, 0.4) is 0 Å². The number of nitrogens with zero attached hydrogens (tertiary/aromatic N) is 4. The summed E-state index contributed by atoms with van der Waals surface area (Å²) in [5, 5.41) is 4.96. The van der Waals surface area contributed by atoms with Gasteiger partial charge in [0, 0.05) is 35.6 Å². The van der Waals surface area contributed by atoms with Gasteiger partial charge in [-0.25, -0.2) is 4.52 Å². The fraction of sp³-hybridized carbons (Fsp3) is 0. The van der Waals surface area contributed by atoms with Gasteiger partial charge in [0.05, 0.1) is 6.20 Å². The molecule has 0 aliphatic carbocycles. The lowest BCUT2D eigenvalue weighted by atomic mass is 10.2. The van der Waals surface area contributed by atoms with E-state index in [1.54, 1.807) is 41.3 Å². The van der Waals surface area contributed by atoms with Crippen molar-refractivity contribution >= 4 is 22.2 Å². The van der Waals surface area contributed by atoms with E-state index in [4.69, 9.17) is 10.5 Å². The van der Waals surface area contributed by atoms with Crippen LogP contribution in [0.5, 0.6) is 11.6 Å². The van der Waals surface area contributed by atoms with Crippen LogP contribution >= 0.6 is 0 Å². The molecule has 6 nitrogen and oxygen atoms in total. The molecule has 4 rings (SSSR count). The topological polar surface area (TPSA) is 78.3 Å². The van der Waals surface area contributed by atoms with E-state index in [1.165, 1.54) is 0 Å². The Hall–Kier alpha value is -3.15. The third kappa shape index (κ3) is 1.93. The largest absolute Gasteiger partial charge is 0.437 e. The molecule has 3 heterocycles. The summed E-state index contributed by atoms with van der Waals surface area (Å²) in [5.41, 5.74) is 8.07. The van der Waals surface area contributed by atoms with Crippen LogP contribution in [0.1, 0.15) is 0 Å². The molecule has 3 aromatic heterocycles. The van der Waals surface area contributed by atoms with Gasteiger partial charge in [0.1, 0.15) is 5.52 Å². The van der Waals surface area contributed by atoms with E-state index in [-0.39, 0.29) is 0 Å². The molecule has 2 N–H and O–H groups in total. The average Bonchev–Trinajstić information content (AvgIpc) is 2.98. The summed E-state index contributed by atoms with van der Waals surface area (Å²) in [7, 11) is 0. The molecule has 0 aliphatic heterocycles. The van der Waals surface area contributed by atoms with Crippen LogP contribution in [-0.2, 0) is 0 Å². The second kappa shape index (κ2) is 4.45. The zero-order chi connectivity index (χ0) is 14.2. The maximum absolute atomic E-state index is 5.96. The van der Waals surface area contributed by atoms with E-state index < -0.39 is 0 Å². The Morgan fingerprint density at radius 1 is 1.05 bits per heavy atom. The zero-order valence-corrected chi connectivity index (χ0v) is 11.0. The van der Waals surface area contributed by atoms with E-state index in [0.717, 1.165) is 11.0 Å². The minimum atomic E-state index is 0.486. The molecule has 0 atom stereocenters. The number of fused-ring (bicyclic) bond motifs is 2. The molecule has 6 heteroatoms. The third-order valence-corrected chi connectivity index (χ3v) is 3.21. The normalized spacial score (nSPS) is 11.0. The first-order valence-corrected chi connectivity index (χ1v) is 6.43. The smallest absolute Gasteiger partial charge is 0.222 e. The van der Waals surface area contributed by atoms with Crippen LogP contribution in [-0.4, -0.2) is 19.6 Å². The number of nitrogen functional groups attached to an aromatic ring is 1. The summed E-state index contributed by atoms with van der Waals surface area (Å²) < 4.78 is 7.53. The number of rotatable bonds is 2. The molecular weight excluding hydrogens is 266 g/mol. The summed E-state index contributed by atoms with van der Waals surface area (Å²) >= 11 is 0. The number of ether oxygens (including phenoxy) is 1. The Bertz CT molecular complexity index is 947. The van der Waals surface area contributed by atoms with Gasteiger partial charge in [-0.1, -0.05) is 0 Å². The molecule has 102 valence electrons. The van der Waals surface area contributed by atoms with Crippen molar-refractivity contribution in [1.29, 1.82) is 0 Å². The van der Waals surface area contributed by atoms with Crippen molar-refractivity contribution in [3.8, 4) is 11.6 Å². The van der Waals surface area contributed by atoms with Crippen LogP contribution in [0, 0.1) is 0 Å². The Balaban J connectivity index is 1.81. The molecule has 4 aromatic rings. The first-order valence-electron chi connectivity index (χ1n) is 6.43. The predicted octanol–water partition coefficient (Wildman–Crippen LogP) is 2.65. The highest BCUT2D eigenvalue weighted by atomic mass is 16.5. The number of hydrogen-bond donors (Lipinski definition) is 1. The Kier molecular flexibility index (Phi) is 2.47. The minimum absolute atomic E-state index is 0.486. The fourth-order valence-electron chi connectivity index (χ4n) is 2.22. The second-order valence-electron chi connectivity index (χ2n) is 4.55. The molecule has 0 saturated carbocycles. The van der Waals surface area contributed by atoms with Crippen LogP contribution in [0.15, 0.2) is 55.0 Å². The molecule has 0 aliphatic rings. The van der Waals surface area contributed by atoms with Crippen molar-refractivity contribution in [2.45, 2.75) is 0 Å². The number of nitrogens with two attached hydrogens (primary N) is 1. The lowest BCUT2D eigenvalue weighted by molar-refractivity contribution is 0.467. The zero-order valence-electron chi connectivity index (χ0n) is 11.0. The van der Waals surface area contributed by atoms with Crippen molar-refractivity contribution in [2.24, 2.45) is 0 Å². The lowest BCUT2D eigenvalue weighted by Crippen LogP contribution is -1.95. The maximum atomic E-state index is 5.96. The number of hydrogen-bond acceptors (Lipinski definition) is 5. The Morgan fingerprint density at radius 3 is 2.95 bits per heavy atom. The van der Waals surface area contributed by atoms with Gasteiger partial charge in [0.2, 0.25) is 5.88 Å². The SMILES string of the molecule is Nc1ccc(Oc2ccn3nccc3n2)c2ncccc12. The van der Waals surface area contributed by atoms with Crippen LogP contribution in [0.25, 0.3) is 16.6 Å². The van der Waals surface area contributed by atoms with Gasteiger partial charge in [-0.15, -0.1) is 0 Å². The van der Waals surface area contributed by atoms with Gasteiger partial charge < -0.3 is 10.5 Å². The summed E-state index contributed by atoms with van der Waals surface area (Å²) in [5.74, 6) is 1.11. The highest BCUT2D eigenvalue weighted by molar-refractivity contribution is 5.94. The lowest BCUT2D eigenvalue weighted by Gasteiger charge is -2.09. The quantitative estimate of drug-likeness (QED) is 0.570. The second-order valence-corrected chi connectivity index (χ2v) is 4.55. The summed E-state index contributed by atoms with van der Waals surface area (Å²) in [4.78, 5) is 8.72. The van der Waals surface area contributed by atoms with Gasteiger partial charge in [-0.3, -0.25) is 4.98 Å². The van der Waals surface area contributed by atoms with Crippen molar-refractivity contribution in [1.82, 2.24) is 19.6 Å². The van der Waals surface area contributed by atoms with Crippen molar-refractivity contribution in [3.63, 3.8) is 0 Å². The van der Waals surface area contributed by atoms with Gasteiger partial charge in [0.25, 0.3) is 0 Å². The molecule has 0 fully saturated rings. The first kappa shape index (κ1) is 11.7. The highest BCUT2D eigenvalue weighted by Crippen LogP contribution is 2.30. The van der Waals surface area contributed by atoms with E-state index >= 15 is 0 Å². The molecule has 1 aromatic carbocycles. The number of aromatic nitrogens is 4. The summed E-state index contributed by atoms with van der Waals surface area (Å²) in [6, 6.07) is 10.9. The first-order chi connectivity index (χ1) is 10.3. The van der Waals surface area contributed by atoms with Crippen LogP contribution in [0.2, 0.25) is 0 Å². The van der Waals surface area contributed by atoms with E-state index in [9.17, 15) is 0 Å². The number of anilines is 1. The molecule has 0 bridgehead atoms. The number of benzene rings is 1. The number of pyridine rings is 1. The van der Waals surface area contributed by atoms with Crippen molar-refractivity contribution in [2.75, 3.05) is 5.73 Å². The van der Waals surface area contributed by atoms with Gasteiger partial charge >= 0.3 is 0 Å². The van der Waals surface area contributed by atoms with E-state index in [1.807, 2.05) is 18.2 Å². The fourth-order valence-corrected chi connectivity index (χ4v) is 2.22. The van der Waals surface area contributed by atoms with Gasteiger partial charge in [-0.05, 0) is 24.3 Å². The Labute approximate surface area is 119 Å².